The van der Waals surface area contributed by atoms with Crippen molar-refractivity contribution < 1.29 is 13.9 Å². The Bertz CT molecular complexity index is 1120. The number of likely N-dealkylation sites (tertiary alicyclic amines) is 1. The first-order chi connectivity index (χ1) is 15.6. The first kappa shape index (κ1) is 22.1. The Morgan fingerprint density at radius 1 is 1.12 bits per heavy atom. The molecule has 0 saturated carbocycles. The van der Waals surface area contributed by atoms with Crippen LogP contribution in [0.25, 0.3) is 11.0 Å². The maximum Gasteiger partial charge on any atom is 0.336 e. The van der Waals surface area contributed by atoms with Gasteiger partial charge < -0.3 is 14.1 Å². The summed E-state index contributed by atoms with van der Waals surface area (Å²) in [6.07, 6.45) is 2.87. The third kappa shape index (κ3) is 4.86. The monoisotopic (exact) mass is 434 g/mol. The molecule has 1 aromatic heterocycles. The summed E-state index contributed by atoms with van der Waals surface area (Å²) in [6.45, 7) is 5.28. The van der Waals surface area contributed by atoms with E-state index in [1.54, 1.807) is 19.2 Å². The number of rotatable bonds is 7. The largest absolute Gasteiger partial charge is 0.497 e. The second kappa shape index (κ2) is 10.0. The SMILES string of the molecule is CCCN(Cc1cc(=O)oc2cc(OC)ccc12)C1CCN(C(=O)c2ccccc2)CC1. The molecule has 1 aliphatic heterocycles. The van der Waals surface area contributed by atoms with Crippen molar-refractivity contribution in [3.05, 3.63) is 76.1 Å². The fourth-order valence-electron chi connectivity index (χ4n) is 4.56. The minimum absolute atomic E-state index is 0.103. The van der Waals surface area contributed by atoms with Crippen molar-refractivity contribution in [2.24, 2.45) is 0 Å². The van der Waals surface area contributed by atoms with E-state index in [4.69, 9.17) is 9.15 Å². The van der Waals surface area contributed by atoms with Crippen molar-refractivity contribution in [1.29, 1.82) is 0 Å². The van der Waals surface area contributed by atoms with Crippen LogP contribution in [-0.2, 0) is 6.54 Å². The van der Waals surface area contributed by atoms with Gasteiger partial charge >= 0.3 is 5.63 Å². The topological polar surface area (TPSA) is 63.0 Å². The molecule has 2 heterocycles. The molecule has 2 aromatic carbocycles. The highest BCUT2D eigenvalue weighted by atomic mass is 16.5. The standard InChI is InChI=1S/C26H30N2O4/c1-3-13-28(18-20-16-25(29)32-24-17-22(31-2)9-10-23(20)24)21-11-14-27(15-12-21)26(30)19-7-5-4-6-8-19/h4-10,16-17,21H,3,11-15,18H2,1-2H3. The molecule has 1 saturated heterocycles. The van der Waals surface area contributed by atoms with E-state index in [1.807, 2.05) is 47.4 Å². The molecule has 1 amide bonds. The van der Waals surface area contributed by atoms with Gasteiger partial charge in [-0.15, -0.1) is 0 Å². The van der Waals surface area contributed by atoms with E-state index in [1.165, 1.54) is 0 Å². The molecule has 0 atom stereocenters. The zero-order valence-electron chi connectivity index (χ0n) is 18.8. The number of hydrogen-bond acceptors (Lipinski definition) is 5. The summed E-state index contributed by atoms with van der Waals surface area (Å²) in [4.78, 5) is 29.4. The number of ether oxygens (including phenoxy) is 1. The fourth-order valence-corrected chi connectivity index (χ4v) is 4.56. The second-order valence-electron chi connectivity index (χ2n) is 8.31. The smallest absolute Gasteiger partial charge is 0.336 e. The van der Waals surface area contributed by atoms with Crippen LogP contribution in [0.2, 0.25) is 0 Å². The van der Waals surface area contributed by atoms with Crippen LogP contribution in [0.15, 0.2) is 63.8 Å². The van der Waals surface area contributed by atoms with E-state index in [0.29, 0.717) is 23.9 Å². The Labute approximate surface area is 188 Å². The fraction of sp³-hybridized carbons (Fsp3) is 0.385. The van der Waals surface area contributed by atoms with E-state index in [9.17, 15) is 9.59 Å². The number of carbonyl (C=O) groups excluding carboxylic acids is 1. The summed E-state index contributed by atoms with van der Waals surface area (Å²) < 4.78 is 10.7. The Morgan fingerprint density at radius 3 is 2.56 bits per heavy atom. The predicted molar refractivity (Wildman–Crippen MR) is 125 cm³/mol. The average Bonchev–Trinajstić information content (AvgIpc) is 2.83. The minimum Gasteiger partial charge on any atom is -0.497 e. The molecular formula is C26H30N2O4. The second-order valence-corrected chi connectivity index (χ2v) is 8.31. The normalized spacial score (nSPS) is 14.8. The van der Waals surface area contributed by atoms with Crippen LogP contribution in [0.1, 0.15) is 42.1 Å². The maximum absolute atomic E-state index is 12.8. The molecule has 1 aliphatic rings. The van der Waals surface area contributed by atoms with Crippen LogP contribution in [0.3, 0.4) is 0 Å². The van der Waals surface area contributed by atoms with Crippen LogP contribution >= 0.6 is 0 Å². The summed E-state index contributed by atoms with van der Waals surface area (Å²) in [7, 11) is 1.60. The van der Waals surface area contributed by atoms with Gasteiger partial charge in [-0.05, 0) is 55.6 Å². The van der Waals surface area contributed by atoms with Gasteiger partial charge in [0, 0.05) is 48.8 Å². The van der Waals surface area contributed by atoms with E-state index in [2.05, 4.69) is 11.8 Å². The van der Waals surface area contributed by atoms with Crippen LogP contribution in [0.4, 0.5) is 0 Å². The average molecular weight is 435 g/mol. The molecule has 0 N–H and O–H groups in total. The number of carbonyl (C=O) groups is 1. The number of fused-ring (bicyclic) bond motifs is 1. The zero-order valence-corrected chi connectivity index (χ0v) is 18.8. The molecule has 6 heteroatoms. The van der Waals surface area contributed by atoms with Gasteiger partial charge in [-0.3, -0.25) is 9.69 Å². The number of benzene rings is 2. The molecule has 168 valence electrons. The maximum atomic E-state index is 12.8. The molecule has 0 bridgehead atoms. The lowest BCUT2D eigenvalue weighted by Crippen LogP contribution is -2.46. The minimum atomic E-state index is -0.347. The lowest BCUT2D eigenvalue weighted by atomic mass is 10.00. The highest BCUT2D eigenvalue weighted by Gasteiger charge is 2.27. The van der Waals surface area contributed by atoms with Gasteiger partial charge in [0.15, 0.2) is 0 Å². The van der Waals surface area contributed by atoms with Crippen LogP contribution in [0, 0.1) is 0 Å². The Hall–Kier alpha value is -3.12. The van der Waals surface area contributed by atoms with Crippen molar-refractivity contribution >= 4 is 16.9 Å². The number of methoxy groups -OCH3 is 1. The van der Waals surface area contributed by atoms with Crippen LogP contribution in [-0.4, -0.2) is 48.5 Å². The molecule has 6 nitrogen and oxygen atoms in total. The van der Waals surface area contributed by atoms with Gasteiger partial charge in [0.1, 0.15) is 11.3 Å². The Balaban J connectivity index is 1.49. The molecule has 0 spiro atoms. The van der Waals surface area contributed by atoms with Gasteiger partial charge in [-0.2, -0.15) is 0 Å². The third-order valence-electron chi connectivity index (χ3n) is 6.21. The van der Waals surface area contributed by atoms with E-state index in [-0.39, 0.29) is 11.5 Å². The highest BCUT2D eigenvalue weighted by molar-refractivity contribution is 5.94. The highest BCUT2D eigenvalue weighted by Crippen LogP contribution is 2.26. The first-order valence-corrected chi connectivity index (χ1v) is 11.3. The summed E-state index contributed by atoms with van der Waals surface area (Å²) in [5, 5.41) is 0.934. The van der Waals surface area contributed by atoms with E-state index >= 15 is 0 Å². The summed E-state index contributed by atoms with van der Waals surface area (Å²) >= 11 is 0. The molecule has 3 aromatic rings. The van der Waals surface area contributed by atoms with E-state index < -0.39 is 0 Å². The zero-order chi connectivity index (χ0) is 22.5. The number of amides is 1. The van der Waals surface area contributed by atoms with Crippen LogP contribution < -0.4 is 10.4 Å². The Kier molecular flexibility index (Phi) is 6.90. The third-order valence-corrected chi connectivity index (χ3v) is 6.21. The number of nitrogens with zero attached hydrogens (tertiary/aromatic N) is 2. The molecule has 0 radical (unpaired) electrons. The molecule has 32 heavy (non-hydrogen) atoms. The van der Waals surface area contributed by atoms with E-state index in [0.717, 1.165) is 55.4 Å². The molecule has 0 aliphatic carbocycles. The van der Waals surface area contributed by atoms with Gasteiger partial charge in [0.2, 0.25) is 0 Å². The predicted octanol–water partition coefficient (Wildman–Crippen LogP) is 4.32. The van der Waals surface area contributed by atoms with Crippen molar-refractivity contribution in [2.45, 2.75) is 38.8 Å². The number of piperidine rings is 1. The van der Waals surface area contributed by atoms with Crippen molar-refractivity contribution in [3.8, 4) is 5.75 Å². The van der Waals surface area contributed by atoms with Crippen molar-refractivity contribution in [1.82, 2.24) is 9.80 Å². The summed E-state index contributed by atoms with van der Waals surface area (Å²) in [5.74, 6) is 0.769. The van der Waals surface area contributed by atoms with Gasteiger partial charge in [0.25, 0.3) is 5.91 Å². The van der Waals surface area contributed by atoms with Crippen molar-refractivity contribution in [3.63, 3.8) is 0 Å². The Morgan fingerprint density at radius 2 is 1.88 bits per heavy atom. The van der Waals surface area contributed by atoms with Gasteiger partial charge in [-0.1, -0.05) is 25.1 Å². The molecular weight excluding hydrogens is 404 g/mol. The summed E-state index contributed by atoms with van der Waals surface area (Å²) in [5.41, 5.74) is 1.91. The van der Waals surface area contributed by atoms with Gasteiger partial charge in [-0.25, -0.2) is 4.79 Å². The van der Waals surface area contributed by atoms with Crippen molar-refractivity contribution in [2.75, 3.05) is 26.7 Å². The summed E-state index contributed by atoms with van der Waals surface area (Å²) in [6, 6.07) is 17.1. The lowest BCUT2D eigenvalue weighted by molar-refractivity contribution is 0.0607. The number of hydrogen-bond donors (Lipinski definition) is 0. The molecule has 4 rings (SSSR count). The first-order valence-electron chi connectivity index (χ1n) is 11.3. The van der Waals surface area contributed by atoms with Crippen LogP contribution in [0.5, 0.6) is 5.75 Å². The molecule has 1 fully saturated rings. The van der Waals surface area contributed by atoms with Gasteiger partial charge in [0.05, 0.1) is 7.11 Å². The molecule has 0 unspecified atom stereocenters. The quantitative estimate of drug-likeness (QED) is 0.518. The lowest BCUT2D eigenvalue weighted by Gasteiger charge is -2.38.